The highest BCUT2D eigenvalue weighted by Crippen LogP contribution is 2.37. The first-order valence-electron chi connectivity index (χ1n) is 11.0. The van der Waals surface area contributed by atoms with Gasteiger partial charge in [0.25, 0.3) is 11.8 Å². The largest absolute Gasteiger partial charge is 0.496 e. The van der Waals surface area contributed by atoms with Gasteiger partial charge in [0.15, 0.2) is 0 Å². The van der Waals surface area contributed by atoms with Crippen LogP contribution in [-0.4, -0.2) is 44.0 Å². The zero-order valence-electron chi connectivity index (χ0n) is 18.2. The quantitative estimate of drug-likeness (QED) is 0.764. The van der Waals surface area contributed by atoms with Crippen molar-refractivity contribution in [2.75, 3.05) is 32.6 Å². The minimum absolute atomic E-state index is 0.00322. The van der Waals surface area contributed by atoms with Gasteiger partial charge in [-0.1, -0.05) is 31.4 Å². The third-order valence-corrected chi connectivity index (χ3v) is 6.62. The predicted molar refractivity (Wildman–Crippen MR) is 120 cm³/mol. The number of fused-ring (bicyclic) bond motifs is 1. The van der Waals surface area contributed by atoms with Gasteiger partial charge in [-0.25, -0.2) is 0 Å². The highest BCUT2D eigenvalue weighted by molar-refractivity contribution is 6.06. The molecular weight excluding hydrogens is 392 g/mol. The maximum Gasteiger partial charge on any atom is 0.259 e. The minimum atomic E-state index is -0.280. The molecule has 2 aromatic rings. The molecule has 6 heteroatoms. The van der Waals surface area contributed by atoms with Crippen molar-refractivity contribution < 1.29 is 19.1 Å². The van der Waals surface area contributed by atoms with Crippen molar-refractivity contribution in [3.05, 3.63) is 53.6 Å². The van der Waals surface area contributed by atoms with Crippen molar-refractivity contribution in [3.8, 4) is 11.5 Å². The second kappa shape index (κ2) is 9.41. The third kappa shape index (κ3) is 4.53. The fourth-order valence-electron chi connectivity index (χ4n) is 4.93. The van der Waals surface area contributed by atoms with Gasteiger partial charge in [0.1, 0.15) is 11.5 Å². The molecule has 1 heterocycles. The van der Waals surface area contributed by atoms with E-state index in [1.54, 1.807) is 43.5 Å². The summed E-state index contributed by atoms with van der Waals surface area (Å²) in [5.41, 5.74) is 1.54. The summed E-state index contributed by atoms with van der Waals surface area (Å²) in [5, 5.41) is 2.87. The summed E-state index contributed by atoms with van der Waals surface area (Å²) in [6.45, 7) is 1.63. The molecule has 2 atom stereocenters. The van der Waals surface area contributed by atoms with E-state index in [4.69, 9.17) is 9.47 Å². The molecule has 2 fully saturated rings. The highest BCUT2D eigenvalue weighted by Gasteiger charge is 2.34. The van der Waals surface area contributed by atoms with Crippen molar-refractivity contribution in [2.45, 2.75) is 32.1 Å². The summed E-state index contributed by atoms with van der Waals surface area (Å²) in [7, 11) is 3.08. The first kappa shape index (κ1) is 21.2. The van der Waals surface area contributed by atoms with E-state index in [9.17, 15) is 9.59 Å². The number of amides is 2. The first-order valence-corrected chi connectivity index (χ1v) is 11.0. The van der Waals surface area contributed by atoms with Crippen LogP contribution in [0.1, 0.15) is 52.8 Å². The van der Waals surface area contributed by atoms with Crippen LogP contribution >= 0.6 is 0 Å². The summed E-state index contributed by atoms with van der Waals surface area (Å²) in [6, 6.07) is 12.2. The van der Waals surface area contributed by atoms with E-state index < -0.39 is 0 Å². The number of ether oxygens (including phenoxy) is 2. The molecule has 1 saturated carbocycles. The molecule has 0 spiro atoms. The number of methoxy groups -OCH3 is 2. The number of carbonyl (C=O) groups excluding carboxylic acids is 2. The van der Waals surface area contributed by atoms with Crippen LogP contribution in [0.2, 0.25) is 0 Å². The monoisotopic (exact) mass is 422 g/mol. The molecule has 0 aromatic heterocycles. The Balaban J connectivity index is 1.49. The molecule has 2 aliphatic rings. The Bertz CT molecular complexity index is 958. The second-order valence-corrected chi connectivity index (χ2v) is 8.41. The van der Waals surface area contributed by atoms with Crippen LogP contribution in [0.15, 0.2) is 42.5 Å². The van der Waals surface area contributed by atoms with Crippen molar-refractivity contribution >= 4 is 17.5 Å². The van der Waals surface area contributed by atoms with Crippen LogP contribution in [0.4, 0.5) is 5.69 Å². The van der Waals surface area contributed by atoms with Gasteiger partial charge in [-0.15, -0.1) is 0 Å². The number of hydrogen-bond acceptors (Lipinski definition) is 4. The molecule has 1 aliphatic carbocycles. The Hall–Kier alpha value is -3.02. The van der Waals surface area contributed by atoms with Crippen molar-refractivity contribution in [2.24, 2.45) is 11.8 Å². The van der Waals surface area contributed by atoms with E-state index in [0.717, 1.165) is 25.4 Å². The van der Waals surface area contributed by atoms with Gasteiger partial charge in [0.2, 0.25) is 0 Å². The van der Waals surface area contributed by atoms with Crippen molar-refractivity contribution in [1.82, 2.24) is 4.90 Å². The van der Waals surface area contributed by atoms with Crippen LogP contribution < -0.4 is 14.8 Å². The number of anilines is 1. The van der Waals surface area contributed by atoms with Gasteiger partial charge < -0.3 is 19.7 Å². The standard InChI is InChI=1S/C25H30N2O4/c1-30-22-10-6-5-9-20(22)24(28)26-19-11-12-21(23(15-19)31-2)25(29)27-14-13-17-7-3-4-8-18(17)16-27/h5-6,9-12,15,17-18H,3-4,7-8,13-14,16H2,1-2H3,(H,26,28)/t17-,18+/m1/s1. The SMILES string of the molecule is COc1ccccc1C(=O)Nc1ccc(C(=O)N2CC[C@H]3CCCC[C@H]3C2)c(OC)c1. The maximum atomic E-state index is 13.2. The van der Waals surface area contributed by atoms with Crippen molar-refractivity contribution in [1.29, 1.82) is 0 Å². The molecular formula is C25H30N2O4. The number of rotatable bonds is 5. The molecule has 0 unspecified atom stereocenters. The van der Waals surface area contributed by atoms with E-state index in [1.165, 1.54) is 32.8 Å². The van der Waals surface area contributed by atoms with E-state index in [1.807, 2.05) is 11.0 Å². The molecule has 2 aromatic carbocycles. The molecule has 0 radical (unpaired) electrons. The maximum absolute atomic E-state index is 13.2. The Morgan fingerprint density at radius 3 is 2.42 bits per heavy atom. The zero-order valence-corrected chi connectivity index (χ0v) is 18.2. The van der Waals surface area contributed by atoms with Crippen LogP contribution in [0.25, 0.3) is 0 Å². The summed E-state index contributed by atoms with van der Waals surface area (Å²) in [4.78, 5) is 27.9. The van der Waals surface area contributed by atoms with Crippen LogP contribution in [0.3, 0.4) is 0 Å². The average Bonchev–Trinajstić information content (AvgIpc) is 2.83. The van der Waals surface area contributed by atoms with Crippen LogP contribution in [0.5, 0.6) is 11.5 Å². The smallest absolute Gasteiger partial charge is 0.259 e. The van der Waals surface area contributed by atoms with Crippen LogP contribution in [-0.2, 0) is 0 Å². The van der Waals surface area contributed by atoms with E-state index in [-0.39, 0.29) is 11.8 Å². The number of piperidine rings is 1. The molecule has 1 N–H and O–H groups in total. The lowest BCUT2D eigenvalue weighted by Gasteiger charge is -2.41. The fourth-order valence-corrected chi connectivity index (χ4v) is 4.93. The number of carbonyl (C=O) groups is 2. The van der Waals surface area contributed by atoms with Gasteiger partial charge in [-0.3, -0.25) is 9.59 Å². The second-order valence-electron chi connectivity index (χ2n) is 8.41. The highest BCUT2D eigenvalue weighted by atomic mass is 16.5. The predicted octanol–water partition coefficient (Wildman–Crippen LogP) is 4.61. The molecule has 31 heavy (non-hydrogen) atoms. The first-order chi connectivity index (χ1) is 15.1. The molecule has 1 saturated heterocycles. The zero-order chi connectivity index (χ0) is 21.8. The van der Waals surface area contributed by atoms with Gasteiger partial charge in [0, 0.05) is 24.8 Å². The van der Waals surface area contributed by atoms with Crippen LogP contribution in [0, 0.1) is 11.8 Å². The van der Waals surface area contributed by atoms with Gasteiger partial charge in [0.05, 0.1) is 25.3 Å². The topological polar surface area (TPSA) is 67.9 Å². The van der Waals surface area contributed by atoms with E-state index >= 15 is 0 Å². The number of para-hydroxylation sites is 1. The number of hydrogen-bond donors (Lipinski definition) is 1. The Kier molecular flexibility index (Phi) is 6.44. The van der Waals surface area contributed by atoms with E-state index in [0.29, 0.717) is 34.2 Å². The van der Waals surface area contributed by atoms with Gasteiger partial charge in [-0.05, 0) is 48.9 Å². The summed E-state index contributed by atoms with van der Waals surface area (Å²) < 4.78 is 10.8. The summed E-state index contributed by atoms with van der Waals surface area (Å²) in [5.74, 6) is 2.09. The lowest BCUT2D eigenvalue weighted by Crippen LogP contribution is -2.44. The molecule has 2 amide bonds. The van der Waals surface area contributed by atoms with Crippen molar-refractivity contribution in [3.63, 3.8) is 0 Å². The lowest BCUT2D eigenvalue weighted by molar-refractivity contribution is 0.0518. The number of likely N-dealkylation sites (tertiary alicyclic amines) is 1. The average molecular weight is 423 g/mol. The summed E-state index contributed by atoms with van der Waals surface area (Å²) >= 11 is 0. The number of benzene rings is 2. The van der Waals surface area contributed by atoms with Gasteiger partial charge >= 0.3 is 0 Å². The fraction of sp³-hybridized carbons (Fsp3) is 0.440. The number of nitrogens with zero attached hydrogens (tertiary/aromatic N) is 1. The molecule has 6 nitrogen and oxygen atoms in total. The third-order valence-electron chi connectivity index (χ3n) is 6.62. The molecule has 1 aliphatic heterocycles. The number of nitrogens with one attached hydrogen (secondary N) is 1. The minimum Gasteiger partial charge on any atom is -0.496 e. The normalized spacial score (nSPS) is 20.5. The van der Waals surface area contributed by atoms with E-state index in [2.05, 4.69) is 5.32 Å². The Morgan fingerprint density at radius 2 is 1.65 bits per heavy atom. The molecule has 0 bridgehead atoms. The molecule has 164 valence electrons. The Morgan fingerprint density at radius 1 is 0.903 bits per heavy atom. The molecule has 4 rings (SSSR count). The Labute approximate surface area is 183 Å². The van der Waals surface area contributed by atoms with Gasteiger partial charge in [-0.2, -0.15) is 0 Å². The summed E-state index contributed by atoms with van der Waals surface area (Å²) in [6.07, 6.45) is 6.21. The lowest BCUT2D eigenvalue weighted by atomic mass is 9.75.